The number of rotatable bonds is 4. The van der Waals surface area contributed by atoms with Crippen LogP contribution in [0.3, 0.4) is 0 Å². The van der Waals surface area contributed by atoms with E-state index in [2.05, 4.69) is 16.9 Å². The van der Waals surface area contributed by atoms with Crippen LogP contribution in [0.1, 0.15) is 55.7 Å². The Balaban J connectivity index is 2.20. The molecule has 0 saturated heterocycles. The molecule has 4 heteroatoms. The zero-order valence-corrected chi connectivity index (χ0v) is 9.62. The summed E-state index contributed by atoms with van der Waals surface area (Å²) in [6, 6.07) is 0. The molecule has 2 N–H and O–H groups in total. The van der Waals surface area contributed by atoms with E-state index in [1.54, 1.807) is 0 Å². The topological polar surface area (TPSA) is 66.0 Å². The number of carbonyl (C=O) groups is 1. The third kappa shape index (κ3) is 2.10. The first-order valence-electron chi connectivity index (χ1n) is 6.02. The zero-order valence-electron chi connectivity index (χ0n) is 9.62. The Hall–Kier alpha value is -1.32. The van der Waals surface area contributed by atoms with E-state index in [1.165, 1.54) is 0 Å². The second-order valence-electron chi connectivity index (χ2n) is 4.43. The van der Waals surface area contributed by atoms with E-state index in [0.29, 0.717) is 0 Å². The minimum absolute atomic E-state index is 0.393. The van der Waals surface area contributed by atoms with Gasteiger partial charge in [0.05, 0.1) is 5.69 Å². The van der Waals surface area contributed by atoms with Crippen LogP contribution in [-0.4, -0.2) is 21.0 Å². The van der Waals surface area contributed by atoms with Crippen molar-refractivity contribution >= 4 is 5.97 Å². The van der Waals surface area contributed by atoms with Crippen LogP contribution in [0.4, 0.5) is 0 Å². The lowest BCUT2D eigenvalue weighted by Gasteiger charge is -2.16. The number of aromatic amines is 1. The van der Waals surface area contributed by atoms with E-state index < -0.39 is 11.9 Å². The fourth-order valence-electron chi connectivity index (χ4n) is 2.28. The lowest BCUT2D eigenvalue weighted by Crippen LogP contribution is -2.17. The molecule has 1 aromatic rings. The van der Waals surface area contributed by atoms with Gasteiger partial charge in [0.2, 0.25) is 0 Å². The quantitative estimate of drug-likeness (QED) is 0.821. The maximum atomic E-state index is 11.1. The number of aryl methyl sites for hydroxylation is 2. The molecule has 0 aromatic carbocycles. The van der Waals surface area contributed by atoms with Crippen LogP contribution in [-0.2, 0) is 17.6 Å². The van der Waals surface area contributed by atoms with E-state index >= 15 is 0 Å². The second kappa shape index (κ2) is 4.68. The van der Waals surface area contributed by atoms with Crippen LogP contribution in [0, 0.1) is 0 Å². The standard InChI is InChI=1S/C12H18N2O2/c1-2-3-7-10-13-9-6-4-5-8(12(15)16)11(9)14-10/h8H,2-7H2,1H3,(H,13,14)(H,15,16). The highest BCUT2D eigenvalue weighted by Gasteiger charge is 2.29. The number of hydrogen-bond acceptors (Lipinski definition) is 2. The fraction of sp³-hybridized carbons (Fsp3) is 0.667. The number of carboxylic acids is 1. The molecule has 1 aliphatic carbocycles. The average molecular weight is 222 g/mol. The summed E-state index contributed by atoms with van der Waals surface area (Å²) in [5.41, 5.74) is 1.83. The molecule has 1 unspecified atom stereocenters. The van der Waals surface area contributed by atoms with E-state index in [-0.39, 0.29) is 0 Å². The predicted molar refractivity (Wildman–Crippen MR) is 60.5 cm³/mol. The first-order valence-corrected chi connectivity index (χ1v) is 6.02. The van der Waals surface area contributed by atoms with Crippen molar-refractivity contribution in [3.05, 3.63) is 17.2 Å². The lowest BCUT2D eigenvalue weighted by atomic mass is 9.90. The van der Waals surface area contributed by atoms with E-state index in [9.17, 15) is 4.79 Å². The van der Waals surface area contributed by atoms with Gasteiger partial charge in [0.25, 0.3) is 0 Å². The molecule has 4 nitrogen and oxygen atoms in total. The largest absolute Gasteiger partial charge is 0.481 e. The summed E-state index contributed by atoms with van der Waals surface area (Å²) in [7, 11) is 0. The molecule has 1 atom stereocenters. The summed E-state index contributed by atoms with van der Waals surface area (Å²) in [5.74, 6) is -0.176. The van der Waals surface area contributed by atoms with Crippen LogP contribution in [0.15, 0.2) is 0 Å². The van der Waals surface area contributed by atoms with Gasteiger partial charge in [-0.2, -0.15) is 0 Å². The van der Waals surface area contributed by atoms with Gasteiger partial charge in [0.1, 0.15) is 11.7 Å². The van der Waals surface area contributed by atoms with Crippen molar-refractivity contribution < 1.29 is 9.90 Å². The number of H-pyrrole nitrogens is 1. The van der Waals surface area contributed by atoms with Crippen molar-refractivity contribution in [1.82, 2.24) is 9.97 Å². The Bertz CT molecular complexity index is 384. The Kier molecular flexibility index (Phi) is 3.27. The van der Waals surface area contributed by atoms with Crippen LogP contribution < -0.4 is 0 Å². The molecule has 2 rings (SSSR count). The number of nitrogens with one attached hydrogen (secondary N) is 1. The average Bonchev–Trinajstić information content (AvgIpc) is 2.68. The van der Waals surface area contributed by atoms with Crippen molar-refractivity contribution in [2.24, 2.45) is 0 Å². The SMILES string of the molecule is CCCCc1nc2c([nH]1)CCCC2C(=O)O. The molecule has 1 heterocycles. The number of unbranched alkanes of at least 4 members (excludes halogenated alkanes) is 1. The Morgan fingerprint density at radius 2 is 2.44 bits per heavy atom. The third-order valence-electron chi connectivity index (χ3n) is 3.17. The minimum atomic E-state index is -0.741. The second-order valence-corrected chi connectivity index (χ2v) is 4.43. The van der Waals surface area contributed by atoms with E-state index in [0.717, 1.165) is 55.7 Å². The molecular formula is C12H18N2O2. The molecule has 16 heavy (non-hydrogen) atoms. The van der Waals surface area contributed by atoms with Crippen molar-refractivity contribution in [3.8, 4) is 0 Å². The number of aromatic nitrogens is 2. The number of carboxylic acid groups (broad SMARTS) is 1. The molecule has 1 aromatic heterocycles. The summed E-state index contributed by atoms with van der Waals surface area (Å²) in [4.78, 5) is 18.8. The smallest absolute Gasteiger partial charge is 0.312 e. The van der Waals surface area contributed by atoms with Gasteiger partial charge >= 0.3 is 5.97 Å². The van der Waals surface area contributed by atoms with E-state index in [1.807, 2.05) is 0 Å². The molecule has 0 radical (unpaired) electrons. The lowest BCUT2D eigenvalue weighted by molar-refractivity contribution is -0.139. The fourth-order valence-corrected chi connectivity index (χ4v) is 2.28. The third-order valence-corrected chi connectivity index (χ3v) is 3.17. The van der Waals surface area contributed by atoms with Gasteiger partial charge in [0.15, 0.2) is 0 Å². The maximum Gasteiger partial charge on any atom is 0.312 e. The molecule has 0 amide bonds. The van der Waals surface area contributed by atoms with Gasteiger partial charge in [-0.1, -0.05) is 13.3 Å². The molecule has 0 spiro atoms. The first kappa shape index (κ1) is 11.2. The minimum Gasteiger partial charge on any atom is -0.481 e. The molecule has 0 bridgehead atoms. The van der Waals surface area contributed by atoms with Crippen LogP contribution in [0.2, 0.25) is 0 Å². The van der Waals surface area contributed by atoms with Crippen LogP contribution >= 0.6 is 0 Å². The summed E-state index contributed by atoms with van der Waals surface area (Å²) in [5, 5.41) is 9.12. The van der Waals surface area contributed by atoms with Crippen molar-refractivity contribution in [1.29, 1.82) is 0 Å². The van der Waals surface area contributed by atoms with Crippen LogP contribution in [0.5, 0.6) is 0 Å². The van der Waals surface area contributed by atoms with Gasteiger partial charge in [-0.25, -0.2) is 4.98 Å². The highest BCUT2D eigenvalue weighted by atomic mass is 16.4. The van der Waals surface area contributed by atoms with E-state index in [4.69, 9.17) is 5.11 Å². The number of imidazole rings is 1. The highest BCUT2D eigenvalue weighted by Crippen LogP contribution is 2.30. The Labute approximate surface area is 95.1 Å². The number of aliphatic carboxylic acids is 1. The van der Waals surface area contributed by atoms with Crippen molar-refractivity contribution in [3.63, 3.8) is 0 Å². The maximum absolute atomic E-state index is 11.1. The monoisotopic (exact) mass is 222 g/mol. The van der Waals surface area contributed by atoms with Gasteiger partial charge in [-0.3, -0.25) is 4.79 Å². The number of hydrogen-bond donors (Lipinski definition) is 2. The molecule has 88 valence electrons. The normalized spacial score (nSPS) is 19.4. The highest BCUT2D eigenvalue weighted by molar-refractivity contribution is 5.76. The Morgan fingerprint density at radius 1 is 1.62 bits per heavy atom. The van der Waals surface area contributed by atoms with Gasteiger partial charge in [0, 0.05) is 12.1 Å². The molecule has 0 fully saturated rings. The van der Waals surface area contributed by atoms with Gasteiger partial charge < -0.3 is 10.1 Å². The molecule has 0 saturated carbocycles. The van der Waals surface area contributed by atoms with Crippen molar-refractivity contribution in [2.75, 3.05) is 0 Å². The number of nitrogens with zero attached hydrogens (tertiary/aromatic N) is 1. The summed E-state index contributed by atoms with van der Waals surface area (Å²) < 4.78 is 0. The van der Waals surface area contributed by atoms with Gasteiger partial charge in [-0.05, 0) is 25.7 Å². The van der Waals surface area contributed by atoms with Crippen molar-refractivity contribution in [2.45, 2.75) is 51.4 Å². The summed E-state index contributed by atoms with van der Waals surface area (Å²) in [6.07, 6.45) is 5.77. The molecule has 1 aliphatic rings. The summed E-state index contributed by atoms with van der Waals surface area (Å²) >= 11 is 0. The Morgan fingerprint density at radius 3 is 3.12 bits per heavy atom. The van der Waals surface area contributed by atoms with Crippen LogP contribution in [0.25, 0.3) is 0 Å². The number of fused-ring (bicyclic) bond motifs is 1. The predicted octanol–water partition coefficient (Wildman–Crippen LogP) is 2.26. The van der Waals surface area contributed by atoms with Gasteiger partial charge in [-0.15, -0.1) is 0 Å². The summed E-state index contributed by atoms with van der Waals surface area (Å²) in [6.45, 7) is 2.14. The zero-order chi connectivity index (χ0) is 11.5. The first-order chi connectivity index (χ1) is 7.72. The molecular weight excluding hydrogens is 204 g/mol. The molecule has 0 aliphatic heterocycles.